The molecule has 2 aliphatic carbocycles. The summed E-state index contributed by atoms with van der Waals surface area (Å²) in [7, 11) is 0. The van der Waals surface area contributed by atoms with Crippen LogP contribution in [-0.2, 0) is 10.8 Å². The minimum atomic E-state index is -0.199. The molecule has 0 atom stereocenters. The van der Waals surface area contributed by atoms with Crippen LogP contribution in [0.2, 0.25) is 0 Å². The van der Waals surface area contributed by atoms with Gasteiger partial charge in [0.25, 0.3) is 0 Å². The molecule has 11 rings (SSSR count). The summed E-state index contributed by atoms with van der Waals surface area (Å²) in [6, 6.07) is 67.4. The van der Waals surface area contributed by atoms with Crippen LogP contribution in [0, 0.1) is 0 Å². The molecule has 0 amide bonds. The lowest BCUT2D eigenvalue weighted by Gasteiger charge is -2.29. The summed E-state index contributed by atoms with van der Waals surface area (Å²) < 4.78 is 2.43. The lowest BCUT2D eigenvalue weighted by atomic mass is 9.81. The van der Waals surface area contributed by atoms with Crippen LogP contribution in [-0.4, -0.2) is 4.57 Å². The Morgan fingerprint density at radius 3 is 1.48 bits per heavy atom. The second-order valence-corrected chi connectivity index (χ2v) is 16.6. The van der Waals surface area contributed by atoms with Gasteiger partial charge >= 0.3 is 0 Å². The zero-order valence-electron chi connectivity index (χ0n) is 32.2. The highest BCUT2D eigenvalue weighted by atomic mass is 15.1. The third kappa shape index (κ3) is 4.69. The van der Waals surface area contributed by atoms with E-state index >= 15 is 0 Å². The Bertz CT molecular complexity index is 2970. The molecule has 0 saturated heterocycles. The zero-order valence-corrected chi connectivity index (χ0v) is 32.2. The maximum atomic E-state index is 2.45. The van der Waals surface area contributed by atoms with Crippen LogP contribution in [0.1, 0.15) is 49.9 Å². The van der Waals surface area contributed by atoms with Crippen LogP contribution in [0.15, 0.2) is 182 Å². The van der Waals surface area contributed by atoms with Gasteiger partial charge in [-0.2, -0.15) is 0 Å². The molecule has 2 aliphatic rings. The van der Waals surface area contributed by atoms with Crippen molar-refractivity contribution in [3.05, 3.63) is 204 Å². The quantitative estimate of drug-likeness (QED) is 0.172. The molecule has 56 heavy (non-hydrogen) atoms. The molecule has 2 heteroatoms. The molecule has 268 valence electrons. The largest absolute Gasteiger partial charge is 0.310 e. The monoisotopic (exact) mass is 718 g/mol. The van der Waals surface area contributed by atoms with E-state index in [1.807, 2.05) is 0 Å². The predicted molar refractivity (Wildman–Crippen MR) is 236 cm³/mol. The van der Waals surface area contributed by atoms with Gasteiger partial charge < -0.3 is 9.47 Å². The molecular weight excluding hydrogens is 677 g/mol. The van der Waals surface area contributed by atoms with Gasteiger partial charge in [-0.25, -0.2) is 0 Å². The van der Waals surface area contributed by atoms with E-state index in [1.54, 1.807) is 0 Å². The van der Waals surface area contributed by atoms with Crippen molar-refractivity contribution in [2.45, 2.75) is 38.5 Å². The first-order valence-electron chi connectivity index (χ1n) is 19.8. The van der Waals surface area contributed by atoms with Crippen molar-refractivity contribution in [3.8, 4) is 39.1 Å². The molecule has 0 fully saturated rings. The second-order valence-electron chi connectivity index (χ2n) is 16.6. The van der Waals surface area contributed by atoms with Gasteiger partial charge in [-0.15, -0.1) is 0 Å². The molecule has 8 aromatic carbocycles. The van der Waals surface area contributed by atoms with Crippen molar-refractivity contribution in [3.63, 3.8) is 0 Å². The minimum absolute atomic E-state index is 0.131. The van der Waals surface area contributed by atoms with E-state index in [2.05, 4.69) is 219 Å². The van der Waals surface area contributed by atoms with E-state index in [9.17, 15) is 0 Å². The number of aromatic nitrogens is 1. The summed E-state index contributed by atoms with van der Waals surface area (Å²) in [5, 5.41) is 2.57. The van der Waals surface area contributed by atoms with E-state index in [0.717, 1.165) is 11.4 Å². The fraction of sp³-hybridized carbons (Fsp3) is 0.111. The summed E-state index contributed by atoms with van der Waals surface area (Å²) in [5.74, 6) is 0. The third-order valence-corrected chi connectivity index (χ3v) is 12.8. The van der Waals surface area contributed by atoms with Gasteiger partial charge in [-0.1, -0.05) is 143 Å². The van der Waals surface area contributed by atoms with Crippen molar-refractivity contribution >= 4 is 38.9 Å². The molecular formula is C54H42N2. The van der Waals surface area contributed by atoms with E-state index < -0.39 is 0 Å². The van der Waals surface area contributed by atoms with Crippen LogP contribution >= 0.6 is 0 Å². The Morgan fingerprint density at radius 2 is 0.857 bits per heavy atom. The highest BCUT2D eigenvalue weighted by molar-refractivity contribution is 6.09. The molecule has 0 bridgehead atoms. The van der Waals surface area contributed by atoms with Crippen molar-refractivity contribution < 1.29 is 0 Å². The molecule has 0 spiro atoms. The van der Waals surface area contributed by atoms with Gasteiger partial charge in [-0.3, -0.25) is 0 Å². The number of rotatable bonds is 5. The molecule has 0 saturated carbocycles. The molecule has 1 aromatic heterocycles. The topological polar surface area (TPSA) is 8.17 Å². The van der Waals surface area contributed by atoms with Crippen molar-refractivity contribution in [1.82, 2.24) is 4.57 Å². The highest BCUT2D eigenvalue weighted by Crippen LogP contribution is 2.54. The van der Waals surface area contributed by atoms with Crippen molar-refractivity contribution in [1.29, 1.82) is 0 Å². The average molecular weight is 719 g/mol. The second kappa shape index (κ2) is 11.9. The Hall–Kier alpha value is -6.64. The first kappa shape index (κ1) is 32.8. The smallest absolute Gasteiger partial charge is 0.0541 e. The summed E-state index contributed by atoms with van der Waals surface area (Å²) in [6.07, 6.45) is 0. The molecule has 2 nitrogen and oxygen atoms in total. The van der Waals surface area contributed by atoms with E-state index in [4.69, 9.17) is 0 Å². The number of benzene rings is 8. The third-order valence-electron chi connectivity index (χ3n) is 12.8. The molecule has 0 aliphatic heterocycles. The minimum Gasteiger partial charge on any atom is -0.310 e. The summed E-state index contributed by atoms with van der Waals surface area (Å²) in [4.78, 5) is 2.44. The number of nitrogens with zero attached hydrogens (tertiary/aromatic N) is 2. The SMILES string of the molecule is CC1(C)c2ccc(-c3ccccc3)cc2-c2ccc(N(c3ccccc3)c3ccc4c(c3)C(C)(C)c3cc(-n5c6ccccc6c6ccccc65)ccc3-4)cc21. The van der Waals surface area contributed by atoms with Gasteiger partial charge in [-0.05, 0) is 122 Å². The number of hydrogen-bond donors (Lipinski definition) is 0. The summed E-state index contributed by atoms with van der Waals surface area (Å²) in [5.41, 5.74) is 20.1. The van der Waals surface area contributed by atoms with Crippen LogP contribution in [0.3, 0.4) is 0 Å². The standard InChI is InChI=1S/C54H42N2/c1-53(2)47-30-23-36(35-15-7-5-8-16-35)31-46(47)43-29-25-39(33-50(43)53)55(37-17-9-6-10-18-37)38-24-27-41-42-28-26-40(34-49(42)54(3,4)48(41)32-38)56-51-21-13-11-19-44(51)45-20-12-14-22-52(45)56/h5-34H,1-4H3. The van der Waals surface area contributed by atoms with Crippen LogP contribution in [0.25, 0.3) is 60.9 Å². The zero-order chi connectivity index (χ0) is 37.8. The van der Waals surface area contributed by atoms with Gasteiger partial charge in [0.15, 0.2) is 0 Å². The Balaban J connectivity index is 1.02. The van der Waals surface area contributed by atoms with Crippen molar-refractivity contribution in [2.24, 2.45) is 0 Å². The highest BCUT2D eigenvalue weighted by Gasteiger charge is 2.38. The number of anilines is 3. The Morgan fingerprint density at radius 1 is 0.357 bits per heavy atom. The van der Waals surface area contributed by atoms with Gasteiger partial charge in [0.2, 0.25) is 0 Å². The predicted octanol–water partition coefficient (Wildman–Crippen LogP) is 14.5. The van der Waals surface area contributed by atoms with Gasteiger partial charge in [0, 0.05) is 44.4 Å². The number of hydrogen-bond acceptors (Lipinski definition) is 1. The van der Waals surface area contributed by atoms with E-state index in [1.165, 1.54) is 88.8 Å². The lowest BCUT2D eigenvalue weighted by Crippen LogP contribution is -2.18. The van der Waals surface area contributed by atoms with Gasteiger partial charge in [0.05, 0.1) is 11.0 Å². The molecule has 0 unspecified atom stereocenters. The normalized spacial score (nSPS) is 14.4. The average Bonchev–Trinajstić information content (AvgIpc) is 3.78. The number of fused-ring (bicyclic) bond motifs is 9. The first-order chi connectivity index (χ1) is 27.3. The van der Waals surface area contributed by atoms with Crippen LogP contribution < -0.4 is 4.90 Å². The Labute approximate surface area is 328 Å². The van der Waals surface area contributed by atoms with Crippen molar-refractivity contribution in [2.75, 3.05) is 4.90 Å². The maximum Gasteiger partial charge on any atom is 0.0541 e. The molecule has 0 radical (unpaired) electrons. The van der Waals surface area contributed by atoms with Gasteiger partial charge in [0.1, 0.15) is 0 Å². The number of para-hydroxylation sites is 3. The molecule has 9 aromatic rings. The molecule has 0 N–H and O–H groups in total. The first-order valence-corrected chi connectivity index (χ1v) is 19.8. The van der Waals surface area contributed by atoms with E-state index in [-0.39, 0.29) is 10.8 Å². The van der Waals surface area contributed by atoms with E-state index in [0.29, 0.717) is 0 Å². The fourth-order valence-electron chi connectivity index (χ4n) is 9.91. The van der Waals surface area contributed by atoms with Crippen LogP contribution in [0.4, 0.5) is 17.1 Å². The maximum absolute atomic E-state index is 2.45. The molecule has 1 heterocycles. The lowest BCUT2D eigenvalue weighted by molar-refractivity contribution is 0.659. The van der Waals surface area contributed by atoms with Crippen LogP contribution in [0.5, 0.6) is 0 Å². The fourth-order valence-corrected chi connectivity index (χ4v) is 9.91. The summed E-state index contributed by atoms with van der Waals surface area (Å²) >= 11 is 0. The summed E-state index contributed by atoms with van der Waals surface area (Å²) in [6.45, 7) is 9.53. The Kier molecular flexibility index (Phi) is 6.98.